The molecule has 0 saturated heterocycles. The summed E-state index contributed by atoms with van der Waals surface area (Å²) in [7, 11) is 0.0320. The minimum atomic E-state index is -4.27. The fourth-order valence-electron chi connectivity index (χ4n) is 3.80. The van der Waals surface area contributed by atoms with Crippen molar-refractivity contribution in [2.45, 2.75) is 10.9 Å². The Labute approximate surface area is 206 Å². The average Bonchev–Trinajstić information content (AvgIpc) is 2.89. The minimum absolute atomic E-state index is 0.0552. The summed E-state index contributed by atoms with van der Waals surface area (Å²) in [6.45, 7) is 0. The summed E-state index contributed by atoms with van der Waals surface area (Å²) in [4.78, 5) is 37.9. The Kier molecular flexibility index (Phi) is 6.77. The molecule has 186 valence electrons. The first-order valence-electron chi connectivity index (χ1n) is 10.8. The maximum Gasteiger partial charge on any atom is 0.330 e. The summed E-state index contributed by atoms with van der Waals surface area (Å²) in [5.41, 5.74) is -0.0206. The molecule has 0 unspecified atom stereocenters. The van der Waals surface area contributed by atoms with E-state index in [0.29, 0.717) is 17.0 Å². The van der Waals surface area contributed by atoms with Gasteiger partial charge in [0.05, 0.1) is 22.9 Å². The molecule has 0 fully saturated rings. The van der Waals surface area contributed by atoms with Crippen LogP contribution in [-0.2, 0) is 28.9 Å². The molecule has 2 N–H and O–H groups in total. The van der Waals surface area contributed by atoms with Crippen LogP contribution in [0.2, 0.25) is 0 Å². The molecule has 0 saturated carbocycles. The molecule has 1 heterocycles. The summed E-state index contributed by atoms with van der Waals surface area (Å²) in [6.07, 6.45) is 0. The number of anilines is 1. The first-order chi connectivity index (χ1) is 17.1. The van der Waals surface area contributed by atoms with Crippen LogP contribution in [0.1, 0.15) is 11.6 Å². The number of aromatic nitrogens is 2. The lowest BCUT2D eigenvalue weighted by Crippen LogP contribution is -2.38. The highest BCUT2D eigenvalue weighted by atomic mass is 32.2. The van der Waals surface area contributed by atoms with Crippen molar-refractivity contribution in [3.63, 3.8) is 0 Å². The van der Waals surface area contributed by atoms with Gasteiger partial charge in [-0.3, -0.25) is 18.7 Å². The maximum absolute atomic E-state index is 13.4. The number of hydrogen-bond donors (Lipinski definition) is 2. The van der Waals surface area contributed by atoms with Gasteiger partial charge in [-0.25, -0.2) is 13.2 Å². The van der Waals surface area contributed by atoms with Gasteiger partial charge >= 0.3 is 5.69 Å². The second-order valence-corrected chi connectivity index (χ2v) is 9.78. The van der Waals surface area contributed by atoms with Crippen LogP contribution in [0.15, 0.2) is 87.3 Å². The van der Waals surface area contributed by atoms with E-state index in [2.05, 4.69) is 10.0 Å². The molecule has 11 heteroatoms. The van der Waals surface area contributed by atoms with Crippen molar-refractivity contribution in [2.75, 3.05) is 12.4 Å². The smallest absolute Gasteiger partial charge is 0.330 e. The van der Waals surface area contributed by atoms with Gasteiger partial charge in [0.2, 0.25) is 15.9 Å². The first-order valence-corrected chi connectivity index (χ1v) is 12.3. The number of nitrogens with zero attached hydrogens (tertiary/aromatic N) is 2. The number of nitrogens with one attached hydrogen (secondary N) is 2. The largest absolute Gasteiger partial charge is 0.497 e. The van der Waals surface area contributed by atoms with Gasteiger partial charge in [-0.1, -0.05) is 36.4 Å². The zero-order valence-electron chi connectivity index (χ0n) is 19.8. The second kappa shape index (κ2) is 9.80. The van der Waals surface area contributed by atoms with Gasteiger partial charge in [0.25, 0.3) is 5.56 Å². The molecule has 4 aromatic rings. The Morgan fingerprint density at radius 1 is 0.917 bits per heavy atom. The van der Waals surface area contributed by atoms with Gasteiger partial charge < -0.3 is 10.1 Å². The van der Waals surface area contributed by atoms with Gasteiger partial charge in [-0.15, -0.1) is 0 Å². The van der Waals surface area contributed by atoms with Gasteiger partial charge in [0, 0.05) is 25.8 Å². The van der Waals surface area contributed by atoms with Crippen molar-refractivity contribution in [3.8, 4) is 5.75 Å². The normalized spacial score (nSPS) is 12.3. The van der Waals surface area contributed by atoms with Crippen LogP contribution < -0.4 is 26.0 Å². The predicted molar refractivity (Wildman–Crippen MR) is 136 cm³/mol. The highest BCUT2D eigenvalue weighted by molar-refractivity contribution is 7.89. The molecule has 36 heavy (non-hydrogen) atoms. The standard InChI is InChI=1S/C25H24N4O6S/c1-28-21-13-12-19(15-20(21)24(31)29(2)25(28)32)36(33,34)27-22(16-8-5-4-6-9-16)23(30)26-17-10-7-11-18(14-17)35-3/h4-15,22,27H,1-3H3,(H,26,30)/t22-/m1/s1. The van der Waals surface area contributed by atoms with E-state index in [1.54, 1.807) is 54.6 Å². The first kappa shape index (κ1) is 24.9. The average molecular weight is 509 g/mol. The Morgan fingerprint density at radius 3 is 2.33 bits per heavy atom. The van der Waals surface area contributed by atoms with Gasteiger partial charge in [0.1, 0.15) is 11.8 Å². The summed E-state index contributed by atoms with van der Waals surface area (Å²) >= 11 is 0. The topological polar surface area (TPSA) is 128 Å². The number of sulfonamides is 1. The summed E-state index contributed by atoms with van der Waals surface area (Å²) in [6, 6.07) is 17.6. The maximum atomic E-state index is 13.4. The van der Waals surface area contributed by atoms with E-state index in [1.807, 2.05) is 0 Å². The van der Waals surface area contributed by atoms with Gasteiger partial charge in [-0.2, -0.15) is 4.72 Å². The van der Waals surface area contributed by atoms with Crippen molar-refractivity contribution in [1.29, 1.82) is 0 Å². The Bertz CT molecular complexity index is 1680. The highest BCUT2D eigenvalue weighted by Gasteiger charge is 2.28. The fourth-order valence-corrected chi connectivity index (χ4v) is 5.01. The molecular formula is C25H24N4O6S. The number of ether oxygens (including phenoxy) is 1. The number of hydrogen-bond acceptors (Lipinski definition) is 6. The lowest BCUT2D eigenvalue weighted by atomic mass is 10.1. The van der Waals surface area contributed by atoms with Crippen molar-refractivity contribution in [3.05, 3.63) is 99.2 Å². The van der Waals surface area contributed by atoms with Crippen LogP contribution in [0, 0.1) is 0 Å². The van der Waals surface area contributed by atoms with E-state index < -0.39 is 33.2 Å². The van der Waals surface area contributed by atoms with Gasteiger partial charge in [0.15, 0.2) is 0 Å². The molecule has 3 aromatic carbocycles. The molecular weight excluding hydrogens is 484 g/mol. The SMILES string of the molecule is COc1cccc(NC(=O)[C@H](NS(=O)(=O)c2ccc3c(c2)c(=O)n(C)c(=O)n3C)c2ccccc2)c1. The predicted octanol–water partition coefficient (Wildman–Crippen LogP) is 1.90. The number of amides is 1. The van der Waals surface area contributed by atoms with Crippen molar-refractivity contribution in [1.82, 2.24) is 13.9 Å². The number of aryl methyl sites for hydroxylation is 1. The van der Waals surface area contributed by atoms with Crippen LogP contribution >= 0.6 is 0 Å². The molecule has 10 nitrogen and oxygen atoms in total. The third-order valence-electron chi connectivity index (χ3n) is 5.75. The quantitative estimate of drug-likeness (QED) is 0.392. The van der Waals surface area contributed by atoms with Gasteiger partial charge in [-0.05, 0) is 35.9 Å². The monoisotopic (exact) mass is 508 g/mol. The Hall–Kier alpha value is -4.22. The molecule has 0 aliphatic rings. The van der Waals surface area contributed by atoms with E-state index in [-0.39, 0.29) is 15.8 Å². The zero-order chi connectivity index (χ0) is 26.0. The molecule has 1 atom stereocenters. The van der Waals surface area contributed by atoms with Crippen LogP contribution in [0.5, 0.6) is 5.75 Å². The molecule has 0 bridgehead atoms. The number of fused-ring (bicyclic) bond motifs is 1. The lowest BCUT2D eigenvalue weighted by molar-refractivity contribution is -0.117. The summed E-state index contributed by atoms with van der Waals surface area (Å²) < 4.78 is 36.5. The molecule has 0 aliphatic carbocycles. The molecule has 1 aromatic heterocycles. The molecule has 0 spiro atoms. The highest BCUT2D eigenvalue weighted by Crippen LogP contribution is 2.23. The third-order valence-corrected chi connectivity index (χ3v) is 7.17. The number of methoxy groups -OCH3 is 1. The Morgan fingerprint density at radius 2 is 1.64 bits per heavy atom. The van der Waals surface area contributed by atoms with Crippen LogP contribution in [0.3, 0.4) is 0 Å². The molecule has 1 amide bonds. The fraction of sp³-hybridized carbons (Fsp3) is 0.160. The Balaban J connectivity index is 1.73. The summed E-state index contributed by atoms with van der Waals surface area (Å²) in [5, 5.41) is 2.77. The zero-order valence-corrected chi connectivity index (χ0v) is 20.6. The minimum Gasteiger partial charge on any atom is -0.497 e. The molecule has 0 aliphatic heterocycles. The van der Waals surface area contributed by atoms with E-state index in [1.165, 1.54) is 44.0 Å². The van der Waals surface area contributed by atoms with E-state index in [0.717, 1.165) is 4.57 Å². The van der Waals surface area contributed by atoms with E-state index in [9.17, 15) is 22.8 Å². The second-order valence-electron chi connectivity index (χ2n) is 8.07. The van der Waals surface area contributed by atoms with Crippen molar-refractivity contribution >= 4 is 32.5 Å². The van der Waals surface area contributed by atoms with Crippen LogP contribution in [0.25, 0.3) is 10.9 Å². The van der Waals surface area contributed by atoms with Crippen molar-refractivity contribution in [2.24, 2.45) is 14.1 Å². The summed E-state index contributed by atoms with van der Waals surface area (Å²) in [5.74, 6) is -0.0890. The van der Waals surface area contributed by atoms with E-state index >= 15 is 0 Å². The third kappa shape index (κ3) is 4.79. The van der Waals surface area contributed by atoms with Crippen molar-refractivity contribution < 1.29 is 17.9 Å². The number of carbonyl (C=O) groups is 1. The lowest BCUT2D eigenvalue weighted by Gasteiger charge is -2.19. The number of rotatable bonds is 7. The van der Waals surface area contributed by atoms with Crippen LogP contribution in [0.4, 0.5) is 5.69 Å². The molecule has 4 rings (SSSR count). The number of benzene rings is 3. The van der Waals surface area contributed by atoms with E-state index in [4.69, 9.17) is 4.74 Å². The number of carbonyl (C=O) groups excluding carboxylic acids is 1. The molecule has 0 radical (unpaired) electrons. The van der Waals surface area contributed by atoms with Crippen LogP contribution in [-0.4, -0.2) is 30.6 Å².